The fraction of sp³-hybridized carbons (Fsp3) is 0.300. The molecule has 8 rings (SSSR count). The molecule has 0 spiro atoms. The van der Waals surface area contributed by atoms with E-state index in [9.17, 15) is 5.11 Å². The fourth-order valence-corrected chi connectivity index (χ4v) is 12.5. The minimum absolute atomic E-state index is 0.0535. The minimum atomic E-state index is -3.16. The Labute approximate surface area is 413 Å². The highest BCUT2D eigenvalue weighted by Gasteiger charge is 2.40. The molecule has 0 aliphatic carbocycles. The van der Waals surface area contributed by atoms with Crippen LogP contribution in [0.5, 0.6) is 5.75 Å². The van der Waals surface area contributed by atoms with E-state index >= 15 is 17.6 Å². The smallest absolute Gasteiger partial charge is 0.271 e. The number of nitrogens with zero attached hydrogens (tertiary/aromatic N) is 3. The Hall–Kier alpha value is -6.11. The van der Waals surface area contributed by atoms with Crippen LogP contribution in [0.25, 0.3) is 72.7 Å². The van der Waals surface area contributed by atoms with E-state index < -0.39 is 33.4 Å². The molecule has 10 heteroatoms. The van der Waals surface area contributed by atoms with Gasteiger partial charge in [0.1, 0.15) is 11.6 Å². The first-order chi connectivity index (χ1) is 32.6. The lowest BCUT2D eigenvalue weighted by Crippen LogP contribution is -2.29. The number of hydrogen-bond donors (Lipinski definition) is 1. The predicted molar refractivity (Wildman–Crippen MR) is 289 cm³/mol. The van der Waals surface area contributed by atoms with E-state index in [0.717, 1.165) is 27.8 Å². The maximum Gasteiger partial charge on any atom is 0.271 e. The van der Waals surface area contributed by atoms with Gasteiger partial charge in [-0.3, -0.25) is 9.55 Å². The highest BCUT2D eigenvalue weighted by Crippen LogP contribution is 2.48. The number of benzene rings is 6. The summed E-state index contributed by atoms with van der Waals surface area (Å²) in [5, 5.41) is 12.5. The lowest BCUT2D eigenvalue weighted by Gasteiger charge is -2.28. The van der Waals surface area contributed by atoms with Gasteiger partial charge >= 0.3 is 0 Å². The molecule has 0 saturated heterocycles. The number of para-hydroxylation sites is 1. The first kappa shape index (κ1) is 50.3. The van der Waals surface area contributed by atoms with Gasteiger partial charge in [0.15, 0.2) is 0 Å². The van der Waals surface area contributed by atoms with Crippen molar-refractivity contribution in [2.45, 2.75) is 116 Å². The van der Waals surface area contributed by atoms with Gasteiger partial charge in [0, 0.05) is 51.7 Å². The second-order valence-corrected chi connectivity index (χ2v) is 34.4. The van der Waals surface area contributed by atoms with E-state index in [1.165, 1.54) is 6.07 Å². The van der Waals surface area contributed by atoms with Crippen molar-refractivity contribution in [3.63, 3.8) is 0 Å². The van der Waals surface area contributed by atoms with Crippen LogP contribution in [0.1, 0.15) is 63.8 Å². The summed E-state index contributed by atoms with van der Waals surface area (Å²) in [4.78, 5) is 10.2. The normalized spacial score (nSPS) is 13.0. The Morgan fingerprint density at radius 3 is 1.69 bits per heavy atom. The molecule has 0 radical (unpaired) electrons. The van der Waals surface area contributed by atoms with Gasteiger partial charge in [-0.2, -0.15) is 0 Å². The average Bonchev–Trinajstić information content (AvgIpc) is 3.66. The van der Waals surface area contributed by atoms with Crippen LogP contribution in [0.3, 0.4) is 0 Å². The number of aromatic hydroxyl groups is 1. The molecule has 70 heavy (non-hydrogen) atoms. The van der Waals surface area contributed by atoms with Crippen LogP contribution in [0.2, 0.25) is 51.4 Å². The lowest BCUT2D eigenvalue weighted by molar-refractivity contribution is 0.0154. The molecular formula is C60H65F4N3OSi2. The molecule has 0 unspecified atom stereocenters. The van der Waals surface area contributed by atoms with Crippen molar-refractivity contribution >= 4 is 27.2 Å². The van der Waals surface area contributed by atoms with E-state index in [1.807, 2.05) is 147 Å². The molecule has 6 aromatic carbocycles. The third-order valence-corrected chi connectivity index (χ3v) is 15.8. The Bertz CT molecular complexity index is 3210. The molecular weight excluding hydrogens is 911 g/mol. The molecule has 4 nitrogen and oxygen atoms in total. The van der Waals surface area contributed by atoms with Crippen molar-refractivity contribution in [1.82, 2.24) is 14.5 Å². The summed E-state index contributed by atoms with van der Waals surface area (Å²) in [5.41, 5.74) is 8.17. The van der Waals surface area contributed by atoms with E-state index in [4.69, 9.17) is 9.97 Å². The van der Waals surface area contributed by atoms with Crippen molar-refractivity contribution in [2.75, 3.05) is 0 Å². The molecule has 362 valence electrons. The zero-order valence-corrected chi connectivity index (χ0v) is 44.6. The molecule has 0 aliphatic heterocycles. The standard InChI is InChI=1S/C60H65F4N3OSi2/c1-57(2,3)45-35-49(55(68)50(36-45)58(4,5)6)56-66-54-47(24-19-25-53(54)67(56)52-27-26-44(59(61,62)37-69(7,8)9)34-48(52)40-22-17-14-18-23-40)42-30-43(32-46(31-42)60(63,64)38-70(10,11)12)51-33-41(28-29-65-51)39-20-15-13-16-21-39/h13-36,68H,37-38H2,1-12H3. The average molecular weight is 976 g/mol. The number of halogens is 4. The molecule has 0 bridgehead atoms. The Kier molecular flexibility index (Phi) is 13.1. The summed E-state index contributed by atoms with van der Waals surface area (Å²) in [6.07, 6.45) is 1.71. The van der Waals surface area contributed by atoms with Gasteiger partial charge in [0.25, 0.3) is 11.8 Å². The molecule has 2 heterocycles. The van der Waals surface area contributed by atoms with Crippen LogP contribution in [0.4, 0.5) is 17.6 Å². The summed E-state index contributed by atoms with van der Waals surface area (Å²) in [5.74, 6) is -5.81. The molecule has 2 aromatic heterocycles. The summed E-state index contributed by atoms with van der Waals surface area (Å²) >= 11 is 0. The van der Waals surface area contributed by atoms with Crippen molar-refractivity contribution in [3.8, 4) is 67.5 Å². The number of pyridine rings is 1. The quantitative estimate of drug-likeness (QED) is 0.0980. The summed E-state index contributed by atoms with van der Waals surface area (Å²) in [6, 6.07) is 42.4. The highest BCUT2D eigenvalue weighted by molar-refractivity contribution is 6.76. The number of hydrogen-bond acceptors (Lipinski definition) is 3. The Morgan fingerprint density at radius 2 is 1.09 bits per heavy atom. The van der Waals surface area contributed by atoms with E-state index in [1.54, 1.807) is 30.5 Å². The van der Waals surface area contributed by atoms with Crippen molar-refractivity contribution in [3.05, 3.63) is 168 Å². The number of aromatic nitrogens is 3. The Morgan fingerprint density at radius 1 is 0.500 bits per heavy atom. The van der Waals surface area contributed by atoms with Gasteiger partial charge in [-0.15, -0.1) is 0 Å². The van der Waals surface area contributed by atoms with Crippen LogP contribution >= 0.6 is 0 Å². The van der Waals surface area contributed by atoms with Gasteiger partial charge in [0.2, 0.25) is 0 Å². The van der Waals surface area contributed by atoms with Gasteiger partial charge in [-0.05, 0) is 93.2 Å². The third-order valence-electron chi connectivity index (χ3n) is 12.8. The van der Waals surface area contributed by atoms with Crippen LogP contribution in [0, 0.1) is 0 Å². The topological polar surface area (TPSA) is 50.9 Å². The second-order valence-electron chi connectivity index (χ2n) is 23.4. The van der Waals surface area contributed by atoms with E-state index in [2.05, 4.69) is 47.6 Å². The van der Waals surface area contributed by atoms with Gasteiger partial charge in [-0.1, -0.05) is 166 Å². The van der Waals surface area contributed by atoms with Crippen LogP contribution in [0.15, 0.2) is 146 Å². The number of imidazole rings is 1. The number of phenolic OH excluding ortho intramolecular Hbond substituents is 1. The van der Waals surface area contributed by atoms with Crippen LogP contribution in [-0.4, -0.2) is 35.8 Å². The Balaban J connectivity index is 1.48. The van der Waals surface area contributed by atoms with E-state index in [-0.39, 0.29) is 34.4 Å². The van der Waals surface area contributed by atoms with Crippen molar-refractivity contribution in [1.29, 1.82) is 0 Å². The van der Waals surface area contributed by atoms with Crippen LogP contribution < -0.4 is 0 Å². The second kappa shape index (κ2) is 18.3. The lowest BCUT2D eigenvalue weighted by atomic mass is 9.79. The summed E-state index contributed by atoms with van der Waals surface area (Å²) < 4.78 is 68.5. The predicted octanol–water partition coefficient (Wildman–Crippen LogP) is 17.9. The highest BCUT2D eigenvalue weighted by atomic mass is 28.3. The monoisotopic (exact) mass is 975 g/mol. The maximum absolute atomic E-state index is 16.9. The van der Waals surface area contributed by atoms with E-state index in [0.29, 0.717) is 56.1 Å². The molecule has 0 fully saturated rings. The number of phenols is 1. The fourth-order valence-electron chi connectivity index (χ4n) is 9.45. The minimum Gasteiger partial charge on any atom is -0.507 e. The van der Waals surface area contributed by atoms with Crippen LogP contribution in [-0.2, 0) is 22.7 Å². The van der Waals surface area contributed by atoms with Gasteiger partial charge in [-0.25, -0.2) is 22.5 Å². The first-order valence-electron chi connectivity index (χ1n) is 24.1. The number of rotatable bonds is 12. The SMILES string of the molecule is CC(C)(C)c1cc(-c2nc3c(-c4cc(-c5cc(-c6ccccc6)ccn5)cc(C(F)(F)C[Si](C)(C)C)c4)cccc3n2-c2ccc(C(F)(F)C[Si](C)(C)C)cc2-c2ccccc2)c(O)c(C(C)(C)C)c1. The third kappa shape index (κ3) is 10.6. The van der Waals surface area contributed by atoms with Crippen molar-refractivity contribution < 1.29 is 22.7 Å². The first-order valence-corrected chi connectivity index (χ1v) is 31.5. The molecule has 0 amide bonds. The van der Waals surface area contributed by atoms with Gasteiger partial charge in [0.05, 0.1) is 44.1 Å². The molecule has 0 atom stereocenters. The zero-order chi connectivity index (χ0) is 50.8. The number of alkyl halides is 4. The molecule has 8 aromatic rings. The van der Waals surface area contributed by atoms with Gasteiger partial charge < -0.3 is 5.11 Å². The molecule has 1 N–H and O–H groups in total. The largest absolute Gasteiger partial charge is 0.507 e. The molecule has 0 aliphatic rings. The summed E-state index contributed by atoms with van der Waals surface area (Å²) in [6.45, 7) is 24.2. The molecule has 0 saturated carbocycles. The maximum atomic E-state index is 16.9. The van der Waals surface area contributed by atoms with Crippen molar-refractivity contribution in [2.24, 2.45) is 0 Å². The summed E-state index contributed by atoms with van der Waals surface area (Å²) in [7, 11) is -4.53. The zero-order valence-electron chi connectivity index (χ0n) is 42.6. The number of fused-ring (bicyclic) bond motifs is 1.